The highest BCUT2D eigenvalue weighted by Gasteiger charge is 2.30. The number of hydrogen-bond donors (Lipinski definition) is 4. The third-order valence-corrected chi connectivity index (χ3v) is 8.70. The molecule has 1 aliphatic carbocycles. The van der Waals surface area contributed by atoms with E-state index in [2.05, 4.69) is 20.9 Å². The maximum Gasteiger partial charge on any atom is 0.407 e. The van der Waals surface area contributed by atoms with E-state index in [0.29, 0.717) is 48.6 Å². The van der Waals surface area contributed by atoms with E-state index in [1.165, 1.54) is 12.1 Å². The minimum absolute atomic E-state index is 0.0593. The van der Waals surface area contributed by atoms with Crippen molar-refractivity contribution in [2.24, 2.45) is 11.8 Å². The summed E-state index contributed by atoms with van der Waals surface area (Å²) < 4.78 is 19.8. The van der Waals surface area contributed by atoms with Crippen LogP contribution in [0.25, 0.3) is 11.3 Å². The molecule has 1 aliphatic rings. The third kappa shape index (κ3) is 10.0. The van der Waals surface area contributed by atoms with E-state index in [9.17, 15) is 18.8 Å². The average Bonchev–Trinajstić information content (AvgIpc) is 3.58. The molecule has 1 atom stereocenters. The van der Waals surface area contributed by atoms with Gasteiger partial charge in [0.1, 0.15) is 23.3 Å². The van der Waals surface area contributed by atoms with Crippen LogP contribution in [0.2, 0.25) is 0 Å². The van der Waals surface area contributed by atoms with Crippen molar-refractivity contribution in [3.05, 3.63) is 107 Å². The van der Waals surface area contributed by atoms with Gasteiger partial charge in [0.05, 0.1) is 23.7 Å². The van der Waals surface area contributed by atoms with Gasteiger partial charge < -0.3 is 25.7 Å². The van der Waals surface area contributed by atoms with Crippen molar-refractivity contribution in [2.45, 2.75) is 70.9 Å². The van der Waals surface area contributed by atoms with Gasteiger partial charge in [-0.2, -0.15) is 5.26 Å². The lowest BCUT2D eigenvalue weighted by molar-refractivity contribution is -0.127. The second-order valence-corrected chi connectivity index (χ2v) is 13.7. The topological polar surface area (TPSA) is 149 Å². The number of ether oxygens (including phenoxy) is 1. The van der Waals surface area contributed by atoms with Crippen molar-refractivity contribution in [3.8, 4) is 17.3 Å². The molecule has 11 heteroatoms. The molecule has 0 spiro atoms. The van der Waals surface area contributed by atoms with Crippen molar-refractivity contribution in [2.75, 3.05) is 11.9 Å². The summed E-state index contributed by atoms with van der Waals surface area (Å²) in [6, 6.07) is 22.5. The summed E-state index contributed by atoms with van der Waals surface area (Å²) in [5.74, 6) is -0.422. The van der Waals surface area contributed by atoms with E-state index in [1.807, 2.05) is 81.4 Å². The Labute approximate surface area is 291 Å². The lowest BCUT2D eigenvalue weighted by Gasteiger charge is -2.29. The standard InChI is InChI=1S/C39H43FN6O4/c1-39(2,3)50-38(49)43-23-26-13-15-27(16-14-26)37(48)46-33(36-42-24-34(45-36)29-17-18-30(22-41)31(40)20-29)21-28-11-7-8-12-32(28)44-35(47)19-25-9-5-4-6-10-25/h4-12,17-18,20,24,26-27,33H,13-16,19,21,23H2,1-3H3,(H,42,45)(H,43,49)(H,44,47)(H,46,48)/t26-,27-,33-/m0/s1. The molecule has 0 radical (unpaired) electrons. The first-order valence-electron chi connectivity index (χ1n) is 16.9. The molecule has 4 aromatic rings. The molecule has 10 nitrogen and oxygen atoms in total. The first kappa shape index (κ1) is 35.8. The summed E-state index contributed by atoms with van der Waals surface area (Å²) in [5.41, 5.74) is 2.65. The van der Waals surface area contributed by atoms with E-state index in [-0.39, 0.29) is 35.6 Å². The van der Waals surface area contributed by atoms with E-state index < -0.39 is 23.6 Å². The molecule has 1 fully saturated rings. The van der Waals surface area contributed by atoms with Gasteiger partial charge in [0.15, 0.2) is 0 Å². The maximum atomic E-state index is 14.5. The molecule has 3 amide bonds. The molecule has 3 aromatic carbocycles. The van der Waals surface area contributed by atoms with Gasteiger partial charge in [-0.25, -0.2) is 14.2 Å². The molecule has 1 saturated carbocycles. The lowest BCUT2D eigenvalue weighted by atomic mass is 9.81. The Morgan fingerprint density at radius 3 is 2.44 bits per heavy atom. The second-order valence-electron chi connectivity index (χ2n) is 13.7. The highest BCUT2D eigenvalue weighted by molar-refractivity contribution is 5.93. The quantitative estimate of drug-likeness (QED) is 0.134. The van der Waals surface area contributed by atoms with Crippen LogP contribution in [-0.4, -0.2) is 40.0 Å². The fourth-order valence-corrected chi connectivity index (χ4v) is 6.12. The van der Waals surface area contributed by atoms with Gasteiger partial charge in [-0.1, -0.05) is 54.6 Å². The molecule has 50 heavy (non-hydrogen) atoms. The number of para-hydroxylation sites is 1. The van der Waals surface area contributed by atoms with Crippen LogP contribution >= 0.6 is 0 Å². The molecule has 260 valence electrons. The molecular formula is C39H43FN6O4. The maximum absolute atomic E-state index is 14.5. The van der Waals surface area contributed by atoms with Crippen LogP contribution in [-0.2, 0) is 27.2 Å². The molecule has 0 aliphatic heterocycles. The fraction of sp³-hybridized carbons (Fsp3) is 0.359. The number of anilines is 1. The van der Waals surface area contributed by atoms with Gasteiger partial charge in [-0.15, -0.1) is 0 Å². The number of carbonyl (C=O) groups excluding carboxylic acids is 3. The number of nitriles is 1. The summed E-state index contributed by atoms with van der Waals surface area (Å²) in [5, 5.41) is 18.2. The average molecular weight is 679 g/mol. The first-order valence-corrected chi connectivity index (χ1v) is 16.9. The number of alkyl carbamates (subject to hydrolysis) is 1. The Kier molecular flexibility index (Phi) is 11.6. The number of hydrogen-bond acceptors (Lipinski definition) is 6. The zero-order chi connectivity index (χ0) is 35.7. The van der Waals surface area contributed by atoms with Gasteiger partial charge in [-0.3, -0.25) is 9.59 Å². The molecule has 1 aromatic heterocycles. The highest BCUT2D eigenvalue weighted by Crippen LogP contribution is 2.31. The van der Waals surface area contributed by atoms with Crippen molar-refractivity contribution in [3.63, 3.8) is 0 Å². The second kappa shape index (κ2) is 16.3. The number of amides is 3. The fourth-order valence-electron chi connectivity index (χ4n) is 6.12. The molecule has 0 saturated heterocycles. The minimum Gasteiger partial charge on any atom is -0.444 e. The molecule has 5 rings (SSSR count). The van der Waals surface area contributed by atoms with Crippen LogP contribution in [0.4, 0.5) is 14.9 Å². The number of benzene rings is 3. The number of halogens is 1. The highest BCUT2D eigenvalue weighted by atomic mass is 19.1. The summed E-state index contributed by atoms with van der Waals surface area (Å²) in [6.07, 6.45) is 4.63. The number of aromatic amines is 1. The Hall–Kier alpha value is -5.50. The van der Waals surface area contributed by atoms with Crippen LogP contribution in [0, 0.1) is 29.0 Å². The van der Waals surface area contributed by atoms with Gasteiger partial charge in [-0.05, 0) is 81.7 Å². The lowest BCUT2D eigenvalue weighted by Crippen LogP contribution is -2.39. The molecule has 1 heterocycles. The summed E-state index contributed by atoms with van der Waals surface area (Å²) in [6.45, 7) is 5.95. The van der Waals surface area contributed by atoms with Crippen LogP contribution in [0.5, 0.6) is 0 Å². The Morgan fingerprint density at radius 2 is 1.74 bits per heavy atom. The number of rotatable bonds is 11. The summed E-state index contributed by atoms with van der Waals surface area (Å²) in [4.78, 5) is 46.8. The van der Waals surface area contributed by atoms with Gasteiger partial charge >= 0.3 is 6.09 Å². The Bertz CT molecular complexity index is 1840. The number of H-pyrrole nitrogens is 1. The van der Waals surface area contributed by atoms with E-state index in [0.717, 1.165) is 24.0 Å². The van der Waals surface area contributed by atoms with Crippen molar-refractivity contribution >= 4 is 23.6 Å². The van der Waals surface area contributed by atoms with Crippen LogP contribution in [0.3, 0.4) is 0 Å². The van der Waals surface area contributed by atoms with E-state index in [4.69, 9.17) is 15.0 Å². The normalized spacial score (nSPS) is 16.5. The summed E-state index contributed by atoms with van der Waals surface area (Å²) >= 11 is 0. The zero-order valence-electron chi connectivity index (χ0n) is 28.6. The summed E-state index contributed by atoms with van der Waals surface area (Å²) in [7, 11) is 0. The van der Waals surface area contributed by atoms with Gasteiger partial charge in [0.25, 0.3) is 0 Å². The Balaban J connectivity index is 1.30. The van der Waals surface area contributed by atoms with E-state index in [1.54, 1.807) is 12.3 Å². The molecule has 0 unspecified atom stereocenters. The number of nitrogens with one attached hydrogen (secondary N) is 4. The van der Waals surface area contributed by atoms with Gasteiger partial charge in [0, 0.05) is 36.3 Å². The number of aromatic nitrogens is 2. The molecular weight excluding hydrogens is 635 g/mol. The first-order chi connectivity index (χ1) is 24.0. The number of nitrogens with zero attached hydrogens (tertiary/aromatic N) is 2. The zero-order valence-corrected chi connectivity index (χ0v) is 28.6. The van der Waals surface area contributed by atoms with Crippen LogP contribution < -0.4 is 16.0 Å². The third-order valence-electron chi connectivity index (χ3n) is 8.70. The SMILES string of the molecule is CC(C)(C)OC(=O)NC[C@H]1CC[C@H](C(=O)N[C@@H](Cc2ccccc2NC(=O)Cc2ccccc2)c2nc(-c3ccc(C#N)c(F)c3)c[nH]2)CC1. The minimum atomic E-state index is -0.642. The molecule has 0 bridgehead atoms. The van der Waals surface area contributed by atoms with Crippen LogP contribution in [0.1, 0.15) is 75.0 Å². The van der Waals surface area contributed by atoms with Crippen molar-refractivity contribution < 1.29 is 23.5 Å². The smallest absolute Gasteiger partial charge is 0.407 e. The Morgan fingerprint density at radius 1 is 1.02 bits per heavy atom. The predicted octanol–water partition coefficient (Wildman–Crippen LogP) is 7.00. The largest absolute Gasteiger partial charge is 0.444 e. The monoisotopic (exact) mass is 678 g/mol. The van der Waals surface area contributed by atoms with Crippen molar-refractivity contribution in [1.82, 2.24) is 20.6 Å². The van der Waals surface area contributed by atoms with Crippen molar-refractivity contribution in [1.29, 1.82) is 5.26 Å². The molecule has 4 N–H and O–H groups in total. The number of carbonyl (C=O) groups is 3. The van der Waals surface area contributed by atoms with E-state index >= 15 is 0 Å². The van der Waals surface area contributed by atoms with Gasteiger partial charge in [0.2, 0.25) is 11.8 Å². The predicted molar refractivity (Wildman–Crippen MR) is 188 cm³/mol. The van der Waals surface area contributed by atoms with Crippen LogP contribution in [0.15, 0.2) is 79.0 Å². The number of imidazole rings is 1.